The van der Waals surface area contributed by atoms with Gasteiger partial charge in [-0.15, -0.1) is 0 Å². The highest BCUT2D eigenvalue weighted by Crippen LogP contribution is 2.06. The molecular formula is C7H11N3O2. The first-order chi connectivity index (χ1) is 5.66. The van der Waals surface area contributed by atoms with Crippen molar-refractivity contribution in [2.45, 2.75) is 6.54 Å². The van der Waals surface area contributed by atoms with Crippen molar-refractivity contribution in [2.75, 3.05) is 7.05 Å². The largest absolute Gasteiger partial charge is 0.478 e. The molecule has 0 fully saturated rings. The van der Waals surface area contributed by atoms with Crippen LogP contribution in [0, 0.1) is 0 Å². The van der Waals surface area contributed by atoms with Crippen molar-refractivity contribution in [3.8, 4) is 0 Å². The maximum absolute atomic E-state index is 10.6. The van der Waals surface area contributed by atoms with E-state index >= 15 is 0 Å². The molecule has 0 radical (unpaired) electrons. The fourth-order valence-corrected chi connectivity index (χ4v) is 1.02. The Morgan fingerprint density at radius 1 is 1.83 bits per heavy atom. The average molecular weight is 169 g/mol. The van der Waals surface area contributed by atoms with E-state index < -0.39 is 5.97 Å². The van der Waals surface area contributed by atoms with Crippen LogP contribution in [0.5, 0.6) is 0 Å². The van der Waals surface area contributed by atoms with Crippen molar-refractivity contribution < 1.29 is 9.90 Å². The monoisotopic (exact) mass is 169 g/mol. The van der Waals surface area contributed by atoms with Gasteiger partial charge < -0.3 is 10.4 Å². The lowest BCUT2D eigenvalue weighted by atomic mass is 10.2. The van der Waals surface area contributed by atoms with Gasteiger partial charge in [-0.05, 0) is 7.05 Å². The lowest BCUT2D eigenvalue weighted by Gasteiger charge is -2.01. The number of hydrogen-bond acceptors (Lipinski definition) is 3. The van der Waals surface area contributed by atoms with Crippen molar-refractivity contribution in [1.82, 2.24) is 15.1 Å². The molecule has 0 aliphatic rings. The second-order valence-electron chi connectivity index (χ2n) is 2.46. The highest BCUT2D eigenvalue weighted by molar-refractivity contribution is 5.88. The first-order valence-electron chi connectivity index (χ1n) is 3.55. The van der Waals surface area contributed by atoms with E-state index in [1.807, 2.05) is 0 Å². The zero-order chi connectivity index (χ0) is 9.14. The van der Waals surface area contributed by atoms with Gasteiger partial charge in [-0.3, -0.25) is 4.68 Å². The number of hydrogen-bond donors (Lipinski definition) is 2. The third-order valence-corrected chi connectivity index (χ3v) is 1.64. The molecule has 66 valence electrons. The summed E-state index contributed by atoms with van der Waals surface area (Å²) in [7, 11) is 3.48. The van der Waals surface area contributed by atoms with Gasteiger partial charge in [0.2, 0.25) is 0 Å². The minimum atomic E-state index is -0.937. The molecule has 0 saturated carbocycles. The summed E-state index contributed by atoms with van der Waals surface area (Å²) in [5.41, 5.74) is 0.942. The summed E-state index contributed by atoms with van der Waals surface area (Å²) < 4.78 is 1.56. The van der Waals surface area contributed by atoms with Crippen LogP contribution in [0.2, 0.25) is 0 Å². The topological polar surface area (TPSA) is 67.2 Å². The van der Waals surface area contributed by atoms with Crippen LogP contribution in [0.15, 0.2) is 6.20 Å². The van der Waals surface area contributed by atoms with E-state index in [0.29, 0.717) is 12.2 Å². The number of carboxylic acid groups (broad SMARTS) is 1. The molecule has 1 aromatic heterocycles. The molecule has 0 bridgehead atoms. The molecule has 5 nitrogen and oxygen atoms in total. The Morgan fingerprint density at radius 3 is 3.00 bits per heavy atom. The van der Waals surface area contributed by atoms with E-state index in [2.05, 4.69) is 10.4 Å². The third kappa shape index (κ3) is 1.45. The van der Waals surface area contributed by atoms with E-state index in [1.54, 1.807) is 18.8 Å². The van der Waals surface area contributed by atoms with E-state index in [1.165, 1.54) is 6.20 Å². The van der Waals surface area contributed by atoms with Gasteiger partial charge in [-0.1, -0.05) is 0 Å². The molecular weight excluding hydrogens is 158 g/mol. The molecule has 0 saturated heterocycles. The van der Waals surface area contributed by atoms with Crippen LogP contribution in [0.25, 0.3) is 0 Å². The summed E-state index contributed by atoms with van der Waals surface area (Å²) in [6.45, 7) is 0.512. The van der Waals surface area contributed by atoms with Crippen LogP contribution in [-0.4, -0.2) is 27.9 Å². The van der Waals surface area contributed by atoms with Crippen molar-refractivity contribution in [2.24, 2.45) is 7.05 Å². The maximum atomic E-state index is 10.6. The first-order valence-corrected chi connectivity index (χ1v) is 3.55. The normalized spacial score (nSPS) is 10.2. The molecule has 12 heavy (non-hydrogen) atoms. The van der Waals surface area contributed by atoms with Gasteiger partial charge in [-0.25, -0.2) is 4.79 Å². The Morgan fingerprint density at radius 2 is 2.50 bits per heavy atom. The summed E-state index contributed by atoms with van der Waals surface area (Å²) in [5, 5.41) is 15.5. The Labute approximate surface area is 70.0 Å². The number of nitrogens with zero attached hydrogens (tertiary/aromatic N) is 2. The van der Waals surface area contributed by atoms with E-state index in [-0.39, 0.29) is 5.56 Å². The summed E-state index contributed by atoms with van der Waals surface area (Å²) >= 11 is 0. The Bertz CT molecular complexity index is 293. The number of carbonyl (C=O) groups is 1. The fourth-order valence-electron chi connectivity index (χ4n) is 1.02. The molecule has 0 aromatic carbocycles. The summed E-state index contributed by atoms with van der Waals surface area (Å²) in [6.07, 6.45) is 1.36. The second kappa shape index (κ2) is 3.36. The number of carboxylic acids is 1. The van der Waals surface area contributed by atoms with Gasteiger partial charge in [0.05, 0.1) is 11.9 Å². The predicted molar refractivity (Wildman–Crippen MR) is 42.9 cm³/mol. The Hall–Kier alpha value is -1.36. The van der Waals surface area contributed by atoms with Crippen molar-refractivity contribution in [3.05, 3.63) is 17.5 Å². The Balaban J connectivity index is 3.03. The van der Waals surface area contributed by atoms with Gasteiger partial charge in [0.15, 0.2) is 0 Å². The van der Waals surface area contributed by atoms with Crippen LogP contribution < -0.4 is 5.32 Å². The van der Waals surface area contributed by atoms with E-state index in [4.69, 9.17) is 5.11 Å². The number of aromatic nitrogens is 2. The predicted octanol–water partition coefficient (Wildman–Crippen LogP) is -0.162. The molecule has 0 unspecified atom stereocenters. The molecule has 0 spiro atoms. The van der Waals surface area contributed by atoms with Gasteiger partial charge in [-0.2, -0.15) is 5.10 Å². The lowest BCUT2D eigenvalue weighted by Crippen LogP contribution is -2.13. The molecule has 0 atom stereocenters. The maximum Gasteiger partial charge on any atom is 0.339 e. The molecule has 1 aromatic rings. The first kappa shape index (κ1) is 8.73. The van der Waals surface area contributed by atoms with Crippen molar-refractivity contribution in [3.63, 3.8) is 0 Å². The standard InChI is InChI=1S/C7H11N3O2/c1-8-4-6-5(7(11)12)3-9-10(6)2/h3,8H,4H2,1-2H3,(H,11,12). The molecule has 0 amide bonds. The van der Waals surface area contributed by atoms with Crippen molar-refractivity contribution >= 4 is 5.97 Å². The number of aryl methyl sites for hydroxylation is 1. The quantitative estimate of drug-likeness (QED) is 0.659. The van der Waals surface area contributed by atoms with Gasteiger partial charge in [0, 0.05) is 13.6 Å². The molecule has 2 N–H and O–H groups in total. The average Bonchev–Trinajstić information content (AvgIpc) is 2.34. The number of rotatable bonds is 3. The fraction of sp³-hybridized carbons (Fsp3) is 0.429. The minimum Gasteiger partial charge on any atom is -0.478 e. The minimum absolute atomic E-state index is 0.256. The van der Waals surface area contributed by atoms with Crippen LogP contribution in [0.1, 0.15) is 16.1 Å². The Kier molecular flexibility index (Phi) is 2.44. The van der Waals surface area contributed by atoms with Crippen LogP contribution in [-0.2, 0) is 13.6 Å². The van der Waals surface area contributed by atoms with E-state index in [9.17, 15) is 4.79 Å². The van der Waals surface area contributed by atoms with Gasteiger partial charge >= 0.3 is 5.97 Å². The highest BCUT2D eigenvalue weighted by Gasteiger charge is 2.13. The van der Waals surface area contributed by atoms with E-state index in [0.717, 1.165) is 0 Å². The number of aromatic carboxylic acids is 1. The van der Waals surface area contributed by atoms with Crippen LogP contribution >= 0.6 is 0 Å². The second-order valence-corrected chi connectivity index (χ2v) is 2.46. The molecule has 0 aliphatic carbocycles. The zero-order valence-electron chi connectivity index (χ0n) is 7.03. The lowest BCUT2D eigenvalue weighted by molar-refractivity contribution is 0.0695. The SMILES string of the molecule is CNCc1c(C(=O)O)cnn1C. The van der Waals surface area contributed by atoms with Gasteiger partial charge in [0.25, 0.3) is 0 Å². The third-order valence-electron chi connectivity index (χ3n) is 1.64. The van der Waals surface area contributed by atoms with Crippen LogP contribution in [0.4, 0.5) is 0 Å². The molecule has 1 heterocycles. The highest BCUT2D eigenvalue weighted by atomic mass is 16.4. The molecule has 5 heteroatoms. The van der Waals surface area contributed by atoms with Crippen LogP contribution in [0.3, 0.4) is 0 Å². The van der Waals surface area contributed by atoms with Crippen molar-refractivity contribution in [1.29, 1.82) is 0 Å². The summed E-state index contributed by atoms with van der Waals surface area (Å²) in [4.78, 5) is 10.6. The van der Waals surface area contributed by atoms with Gasteiger partial charge in [0.1, 0.15) is 5.56 Å². The summed E-state index contributed by atoms with van der Waals surface area (Å²) in [5.74, 6) is -0.937. The zero-order valence-corrected chi connectivity index (χ0v) is 7.03. The molecule has 0 aliphatic heterocycles. The number of nitrogens with one attached hydrogen (secondary N) is 1. The smallest absolute Gasteiger partial charge is 0.339 e. The molecule has 1 rings (SSSR count). The summed E-state index contributed by atoms with van der Waals surface area (Å²) in [6, 6.07) is 0.